The second-order valence-electron chi connectivity index (χ2n) is 0.720. The molecule has 3 nitrogen and oxygen atoms in total. The summed E-state index contributed by atoms with van der Waals surface area (Å²) in [6, 6.07) is 0. The first-order valence-corrected chi connectivity index (χ1v) is 1.65. The quantitative estimate of drug-likeness (QED) is 0.679. The fourth-order valence-electron chi connectivity index (χ4n) is 0.131. The molecule has 0 rings (SSSR count). The van der Waals surface area contributed by atoms with Crippen LogP contribution in [-0.4, -0.2) is 12.7 Å². The zero-order valence-electron chi connectivity index (χ0n) is 3.83. The summed E-state index contributed by atoms with van der Waals surface area (Å²) >= 11 is 0. The molecule has 4 heteroatoms. The van der Waals surface area contributed by atoms with E-state index in [1.165, 1.54) is 0 Å². The number of amides is 1. The summed E-state index contributed by atoms with van der Waals surface area (Å²) in [5.41, 5.74) is 6.12. The minimum Gasteiger partial charge on any atom is -0.632 e. The van der Waals surface area contributed by atoms with Crippen molar-refractivity contribution in [2.24, 2.45) is 0 Å². The molecule has 0 bridgehead atoms. The predicted molar refractivity (Wildman–Crippen MR) is 21.3 cm³/mol. The van der Waals surface area contributed by atoms with Crippen molar-refractivity contribution in [3.05, 3.63) is 5.73 Å². The molecular weight excluding hydrogens is 279 g/mol. The maximum Gasteiger partial charge on any atom is 1.00 e. The monoisotopic (exact) mass is 285 g/mol. The van der Waals surface area contributed by atoms with Crippen LogP contribution in [0, 0.1) is 0 Å². The van der Waals surface area contributed by atoms with Gasteiger partial charge in [-0.2, -0.15) is 0 Å². The first-order valence-electron chi connectivity index (χ1n) is 1.65. The van der Waals surface area contributed by atoms with Crippen LogP contribution >= 0.6 is 0 Å². The van der Waals surface area contributed by atoms with E-state index in [-0.39, 0.29) is 22.4 Å². The van der Waals surface area contributed by atoms with E-state index in [0.29, 0.717) is 6.61 Å². The Labute approximate surface area is 57.7 Å². The Bertz CT molecular complexity index is 56.9. The zero-order chi connectivity index (χ0) is 4.99. The van der Waals surface area contributed by atoms with Crippen molar-refractivity contribution in [3.63, 3.8) is 0 Å². The number of carbonyl (C=O) groups excluding carboxylic acids is 1. The first kappa shape index (κ1) is 10.1. The van der Waals surface area contributed by atoms with Crippen molar-refractivity contribution in [2.45, 2.75) is 6.92 Å². The molecule has 0 aromatic carbocycles. The maximum absolute atomic E-state index is 9.49. The van der Waals surface area contributed by atoms with E-state index < -0.39 is 6.09 Å². The van der Waals surface area contributed by atoms with E-state index in [1.54, 1.807) is 6.92 Å². The van der Waals surface area contributed by atoms with Gasteiger partial charge in [0.2, 0.25) is 6.09 Å². The van der Waals surface area contributed by atoms with Gasteiger partial charge in [0, 0.05) is 0 Å². The van der Waals surface area contributed by atoms with E-state index in [2.05, 4.69) is 4.74 Å². The third-order valence-electron chi connectivity index (χ3n) is 0.275. The molecule has 1 N–H and O–H groups in total. The number of rotatable bonds is 1. The number of carbonyl (C=O) groups is 1. The molecule has 0 aromatic heterocycles. The minimum absolute atomic E-state index is 0. The molecule has 0 saturated heterocycles. The molecule has 0 aliphatic carbocycles. The molecule has 0 aliphatic rings. The van der Waals surface area contributed by atoms with E-state index in [9.17, 15) is 4.79 Å². The molecule has 0 radical (unpaired) electrons. The number of hydrogen-bond acceptors (Lipinski definition) is 2. The van der Waals surface area contributed by atoms with Crippen LogP contribution in [0.2, 0.25) is 0 Å². The minimum atomic E-state index is -0.961. The summed E-state index contributed by atoms with van der Waals surface area (Å²) in [7, 11) is 0. The summed E-state index contributed by atoms with van der Waals surface area (Å²) in [6.45, 7) is 1.95. The van der Waals surface area contributed by atoms with E-state index in [4.69, 9.17) is 5.73 Å². The molecule has 0 aliphatic heterocycles. The van der Waals surface area contributed by atoms with E-state index in [0.717, 1.165) is 0 Å². The Kier molecular flexibility index (Phi) is 8.66. The van der Waals surface area contributed by atoms with Gasteiger partial charge in [-0.3, -0.25) is 4.79 Å². The number of nitrogens with one attached hydrogen (secondary N) is 1. The van der Waals surface area contributed by atoms with Crippen molar-refractivity contribution < 1.29 is 31.9 Å². The van der Waals surface area contributed by atoms with Gasteiger partial charge in [-0.05, 0) is 6.92 Å². The molecule has 0 heterocycles. The summed E-state index contributed by atoms with van der Waals surface area (Å²) < 4.78 is 4.07. The maximum atomic E-state index is 9.49. The Morgan fingerprint density at radius 1 is 1.86 bits per heavy atom. The number of ether oxygens (including phenoxy) is 1. The van der Waals surface area contributed by atoms with E-state index >= 15 is 0 Å². The second-order valence-corrected chi connectivity index (χ2v) is 0.720. The van der Waals surface area contributed by atoms with Gasteiger partial charge >= 0.3 is 22.4 Å². The van der Waals surface area contributed by atoms with Gasteiger partial charge in [-0.25, -0.2) is 0 Å². The Hall–Kier alpha value is 0.0103. The fraction of sp³-hybridized carbons (Fsp3) is 0.667. The van der Waals surface area contributed by atoms with Gasteiger partial charge in [0.25, 0.3) is 0 Å². The van der Waals surface area contributed by atoms with Crippen LogP contribution < -0.4 is 0 Å². The van der Waals surface area contributed by atoms with Crippen LogP contribution in [0.15, 0.2) is 0 Å². The average Bonchev–Trinajstić information content (AvgIpc) is 1.35. The van der Waals surface area contributed by atoms with Gasteiger partial charge in [-0.1, -0.05) is 0 Å². The van der Waals surface area contributed by atoms with Crippen molar-refractivity contribution in [1.29, 1.82) is 0 Å². The Morgan fingerprint density at radius 3 is 2.29 bits per heavy atom. The first-order chi connectivity index (χ1) is 2.77. The van der Waals surface area contributed by atoms with Gasteiger partial charge in [-0.15, -0.1) is 0 Å². The number of hydrogen-bond donors (Lipinski definition) is 0. The van der Waals surface area contributed by atoms with Gasteiger partial charge in [0.05, 0.1) is 6.61 Å². The Morgan fingerprint density at radius 2 is 2.29 bits per heavy atom. The largest absolute Gasteiger partial charge is 1.00 e. The van der Waals surface area contributed by atoms with Crippen molar-refractivity contribution >= 4 is 6.09 Å². The van der Waals surface area contributed by atoms with Gasteiger partial charge in [0.15, 0.2) is 0 Å². The van der Waals surface area contributed by atoms with Crippen LogP contribution in [0.1, 0.15) is 6.92 Å². The molecule has 0 unspecified atom stereocenters. The van der Waals surface area contributed by atoms with E-state index in [1.807, 2.05) is 0 Å². The molecular formula is C3H6AuNO2. The third-order valence-corrected chi connectivity index (χ3v) is 0.275. The van der Waals surface area contributed by atoms with Crippen molar-refractivity contribution in [2.75, 3.05) is 6.61 Å². The molecule has 0 spiro atoms. The molecule has 46 valence electrons. The summed E-state index contributed by atoms with van der Waals surface area (Å²) in [6.07, 6.45) is -0.961. The van der Waals surface area contributed by atoms with Crippen LogP contribution in [0.25, 0.3) is 5.73 Å². The molecule has 0 fully saturated rings. The summed E-state index contributed by atoms with van der Waals surface area (Å²) in [4.78, 5) is 9.49. The molecule has 0 aromatic rings. The third kappa shape index (κ3) is 10.7. The smallest absolute Gasteiger partial charge is 0.632 e. The second kappa shape index (κ2) is 6.01. The van der Waals surface area contributed by atoms with Crippen LogP contribution in [0.4, 0.5) is 4.79 Å². The summed E-state index contributed by atoms with van der Waals surface area (Å²) in [5, 5.41) is 0. The predicted octanol–water partition coefficient (Wildman–Crippen LogP) is 1.19. The zero-order valence-corrected chi connectivity index (χ0v) is 5.99. The van der Waals surface area contributed by atoms with Gasteiger partial charge in [0.1, 0.15) is 0 Å². The van der Waals surface area contributed by atoms with Crippen molar-refractivity contribution in [1.82, 2.24) is 0 Å². The standard InChI is InChI=1S/C3H7NO2.Au/c1-2-6-3(4)5;/h2H2,1H3,(H2,4,5);/q;+1/p-1. The summed E-state index contributed by atoms with van der Waals surface area (Å²) in [5.74, 6) is 0. The normalized spacial score (nSPS) is 6.43. The fourth-order valence-corrected chi connectivity index (χ4v) is 0.131. The molecule has 0 saturated carbocycles. The average molecular weight is 285 g/mol. The van der Waals surface area contributed by atoms with Crippen LogP contribution in [0.3, 0.4) is 0 Å². The molecule has 1 amide bonds. The van der Waals surface area contributed by atoms with Gasteiger partial charge < -0.3 is 10.5 Å². The van der Waals surface area contributed by atoms with Crippen LogP contribution in [0.5, 0.6) is 0 Å². The van der Waals surface area contributed by atoms with Crippen molar-refractivity contribution in [3.8, 4) is 0 Å². The van der Waals surface area contributed by atoms with Crippen LogP contribution in [-0.2, 0) is 27.1 Å². The SMILES string of the molecule is CCOC([NH-])=O.[Au+]. The Balaban J connectivity index is 0. The molecule has 7 heavy (non-hydrogen) atoms. The topological polar surface area (TPSA) is 50.1 Å². The molecule has 0 atom stereocenters.